The van der Waals surface area contributed by atoms with Crippen LogP contribution in [-0.4, -0.2) is 118 Å². The lowest BCUT2D eigenvalue weighted by molar-refractivity contribution is -0.936. The highest BCUT2D eigenvalue weighted by molar-refractivity contribution is 8.00. The standard InChI is InChI=1S/C20H25N7O5S2/c1-32-24-13(12-10-34-20(21)22-12)16(28)23-14-17(29)26-15(19(30)31)11(9-33-18(14)26)8-27-5-2-25(3-6-27)4-7-27/h10,14,18H,2-9H2,1H3,(H3-,21,22,23,28,30,31)/p+1/b24-13-/t14?,18-/m1/s1. The summed E-state index contributed by atoms with van der Waals surface area (Å²) in [5.41, 5.74) is 6.66. The van der Waals surface area contributed by atoms with E-state index in [1.54, 1.807) is 5.38 Å². The fraction of sp³-hybridized carbons (Fsp3) is 0.550. The predicted octanol–water partition coefficient (Wildman–Crippen LogP) is -1.04. The number of piperazine rings is 3. The molecule has 0 saturated carbocycles. The Bertz CT molecular complexity index is 1080. The van der Waals surface area contributed by atoms with Crippen molar-refractivity contribution < 1.29 is 28.8 Å². The number of nitrogens with zero attached hydrogens (tertiary/aromatic N) is 5. The third-order valence-electron chi connectivity index (χ3n) is 6.90. The maximum Gasteiger partial charge on any atom is 0.352 e. The van der Waals surface area contributed by atoms with E-state index in [1.165, 1.54) is 23.8 Å². The van der Waals surface area contributed by atoms with Gasteiger partial charge >= 0.3 is 5.97 Å². The van der Waals surface area contributed by atoms with Crippen LogP contribution < -0.4 is 11.1 Å². The number of hydrogen-bond acceptors (Lipinski definition) is 10. The van der Waals surface area contributed by atoms with Gasteiger partial charge in [-0.1, -0.05) is 5.16 Å². The van der Waals surface area contributed by atoms with E-state index in [0.29, 0.717) is 12.3 Å². The summed E-state index contributed by atoms with van der Waals surface area (Å²) in [5.74, 6) is -1.68. The van der Waals surface area contributed by atoms with Gasteiger partial charge in [-0.15, -0.1) is 23.1 Å². The highest BCUT2D eigenvalue weighted by Gasteiger charge is 2.55. The Morgan fingerprint density at radius 3 is 2.65 bits per heavy atom. The smallest absolute Gasteiger partial charge is 0.352 e. The molecule has 0 aliphatic carbocycles. The van der Waals surface area contributed by atoms with Crippen LogP contribution in [0.2, 0.25) is 0 Å². The average molecular weight is 509 g/mol. The summed E-state index contributed by atoms with van der Waals surface area (Å²) in [6.45, 7) is 6.72. The van der Waals surface area contributed by atoms with E-state index in [0.717, 1.165) is 60.7 Å². The van der Waals surface area contributed by atoms with Gasteiger partial charge in [-0.05, 0) is 0 Å². The Morgan fingerprint density at radius 2 is 2.06 bits per heavy atom. The Balaban J connectivity index is 1.33. The lowest BCUT2D eigenvalue weighted by Crippen LogP contribution is -2.72. The normalized spacial score (nSPS) is 30.6. The molecular formula is C20H26N7O5S2+. The molecule has 2 atom stereocenters. The molecule has 5 aliphatic heterocycles. The number of thiazole rings is 1. The number of β-lactam (4-membered cyclic amide) rings is 1. The molecule has 2 amide bonds. The molecule has 14 heteroatoms. The average Bonchev–Trinajstić information content (AvgIpc) is 3.27. The minimum Gasteiger partial charge on any atom is -0.477 e. The molecule has 1 aromatic rings. The Morgan fingerprint density at radius 1 is 1.35 bits per heavy atom. The number of carbonyl (C=O) groups excluding carboxylic acids is 2. The van der Waals surface area contributed by atoms with Gasteiger partial charge in [0.05, 0.1) is 19.6 Å². The van der Waals surface area contributed by atoms with E-state index >= 15 is 0 Å². The molecule has 34 heavy (non-hydrogen) atoms. The van der Waals surface area contributed by atoms with Crippen molar-refractivity contribution in [1.29, 1.82) is 0 Å². The quantitative estimate of drug-likeness (QED) is 0.182. The van der Waals surface area contributed by atoms with E-state index in [-0.39, 0.29) is 22.2 Å². The van der Waals surface area contributed by atoms with Gasteiger partial charge in [0.2, 0.25) is 0 Å². The molecule has 4 N–H and O–H groups in total. The van der Waals surface area contributed by atoms with Gasteiger partial charge in [-0.25, -0.2) is 9.78 Å². The van der Waals surface area contributed by atoms with Crippen LogP contribution in [0.4, 0.5) is 5.13 Å². The first-order valence-electron chi connectivity index (χ1n) is 10.9. The highest BCUT2D eigenvalue weighted by atomic mass is 32.2. The third-order valence-corrected chi connectivity index (χ3v) is 8.91. The first-order chi connectivity index (χ1) is 16.3. The molecule has 6 rings (SSSR count). The summed E-state index contributed by atoms with van der Waals surface area (Å²) in [6, 6.07) is -0.864. The van der Waals surface area contributed by atoms with Crippen LogP contribution in [0.15, 0.2) is 21.8 Å². The molecule has 1 aromatic heterocycles. The first kappa shape index (κ1) is 23.1. The van der Waals surface area contributed by atoms with Crippen molar-refractivity contribution in [2.24, 2.45) is 5.16 Å². The van der Waals surface area contributed by atoms with Crippen molar-refractivity contribution in [2.75, 3.05) is 64.4 Å². The van der Waals surface area contributed by atoms with Crippen LogP contribution in [0.5, 0.6) is 0 Å². The zero-order valence-electron chi connectivity index (χ0n) is 18.6. The van der Waals surface area contributed by atoms with Crippen LogP contribution in [0.25, 0.3) is 0 Å². The van der Waals surface area contributed by atoms with Crippen molar-refractivity contribution in [3.63, 3.8) is 0 Å². The Kier molecular flexibility index (Phi) is 6.00. The topological polar surface area (TPSA) is 150 Å². The number of carboxylic acids is 1. The van der Waals surface area contributed by atoms with Crippen LogP contribution in [0.3, 0.4) is 0 Å². The SMILES string of the molecule is CO/N=C(\C(=O)NC1C(=O)N2C(C(=O)O)=C(C[N+]34CCN(CC3)CC4)CS[C@H]12)c1csc(N)n1. The minimum absolute atomic E-state index is 0.0674. The summed E-state index contributed by atoms with van der Waals surface area (Å²) >= 11 is 2.63. The van der Waals surface area contributed by atoms with E-state index in [1.807, 2.05) is 0 Å². The molecule has 1 unspecified atom stereocenters. The monoisotopic (exact) mass is 508 g/mol. The number of nitrogens with one attached hydrogen (secondary N) is 1. The van der Waals surface area contributed by atoms with Crippen molar-refractivity contribution in [3.05, 3.63) is 22.3 Å². The van der Waals surface area contributed by atoms with Crippen molar-refractivity contribution in [2.45, 2.75) is 11.4 Å². The lowest BCUT2D eigenvalue weighted by Gasteiger charge is -2.53. The number of quaternary nitrogens is 1. The third kappa shape index (κ3) is 3.93. The fourth-order valence-electron chi connectivity index (χ4n) is 5.08. The number of nitrogens with two attached hydrogens (primary N) is 1. The zero-order valence-corrected chi connectivity index (χ0v) is 20.2. The second-order valence-electron chi connectivity index (χ2n) is 8.82. The number of fused-ring (bicyclic) bond motifs is 4. The molecule has 182 valence electrons. The Hall–Kier alpha value is -2.68. The Labute approximate surface area is 204 Å². The van der Waals surface area contributed by atoms with Gasteiger partial charge < -0.3 is 25.5 Å². The van der Waals surface area contributed by atoms with E-state index in [4.69, 9.17) is 10.6 Å². The van der Waals surface area contributed by atoms with Crippen LogP contribution >= 0.6 is 23.1 Å². The summed E-state index contributed by atoms with van der Waals surface area (Å²) in [4.78, 5) is 50.8. The van der Waals surface area contributed by atoms with Crippen molar-refractivity contribution in [1.82, 2.24) is 20.1 Å². The first-order valence-corrected chi connectivity index (χ1v) is 12.9. The molecule has 0 radical (unpaired) electrons. The molecule has 5 aliphatic rings. The number of aromatic nitrogens is 1. The van der Waals surface area contributed by atoms with Gasteiger partial charge in [-0.2, -0.15) is 0 Å². The molecule has 2 bridgehead atoms. The van der Waals surface area contributed by atoms with Gasteiger partial charge in [0.1, 0.15) is 36.5 Å². The number of amides is 2. The molecule has 4 fully saturated rings. The van der Waals surface area contributed by atoms with Gasteiger partial charge in [-0.3, -0.25) is 19.4 Å². The van der Waals surface area contributed by atoms with E-state index in [9.17, 15) is 19.5 Å². The number of rotatable bonds is 7. The molecule has 0 spiro atoms. The maximum absolute atomic E-state index is 13.0. The number of oxime groups is 1. The number of aliphatic carboxylic acids is 1. The highest BCUT2D eigenvalue weighted by Crippen LogP contribution is 2.41. The number of anilines is 1. The lowest BCUT2D eigenvalue weighted by atomic mass is 10.0. The van der Waals surface area contributed by atoms with Crippen molar-refractivity contribution in [3.8, 4) is 0 Å². The molecule has 6 heterocycles. The van der Waals surface area contributed by atoms with Crippen LogP contribution in [0.1, 0.15) is 5.69 Å². The number of carbonyl (C=O) groups is 3. The number of nitrogen functional groups attached to an aromatic ring is 1. The fourth-order valence-corrected chi connectivity index (χ4v) is 6.96. The maximum atomic E-state index is 13.0. The summed E-state index contributed by atoms with van der Waals surface area (Å²) in [6.07, 6.45) is 0. The summed E-state index contributed by atoms with van der Waals surface area (Å²) in [5, 5.41) is 17.8. The largest absolute Gasteiger partial charge is 0.477 e. The van der Waals surface area contributed by atoms with Gasteiger partial charge in [0.15, 0.2) is 10.8 Å². The molecule has 4 saturated heterocycles. The van der Waals surface area contributed by atoms with Gasteiger partial charge in [0.25, 0.3) is 11.8 Å². The number of thioether (sulfide) groups is 1. The van der Waals surface area contributed by atoms with Crippen LogP contribution in [-0.2, 0) is 19.2 Å². The second-order valence-corrected chi connectivity index (χ2v) is 10.8. The number of hydrogen-bond donors (Lipinski definition) is 3. The summed E-state index contributed by atoms with van der Waals surface area (Å²) < 4.78 is 0.879. The summed E-state index contributed by atoms with van der Waals surface area (Å²) in [7, 11) is 1.30. The molecule has 0 aromatic carbocycles. The van der Waals surface area contributed by atoms with E-state index in [2.05, 4.69) is 20.4 Å². The van der Waals surface area contributed by atoms with Crippen molar-refractivity contribution >= 4 is 51.7 Å². The van der Waals surface area contributed by atoms with Crippen LogP contribution in [0, 0.1) is 0 Å². The molecule has 12 nitrogen and oxygen atoms in total. The van der Waals surface area contributed by atoms with E-state index < -0.39 is 29.2 Å². The zero-order chi connectivity index (χ0) is 24.0. The van der Waals surface area contributed by atoms with Gasteiger partial charge in [0, 0.05) is 36.3 Å². The molecular weight excluding hydrogens is 482 g/mol. The predicted molar refractivity (Wildman–Crippen MR) is 126 cm³/mol. The second kappa shape index (κ2) is 8.83. The number of carboxylic acid groups (broad SMARTS) is 1. The minimum atomic E-state index is -1.10.